The number of aryl methyl sites for hydroxylation is 2. The van der Waals surface area contributed by atoms with Crippen LogP contribution in [0.2, 0.25) is 0 Å². The van der Waals surface area contributed by atoms with Crippen LogP contribution in [0, 0.1) is 84.1 Å². The second-order valence-electron chi connectivity index (χ2n) is 37.0. The first-order valence-electron chi connectivity index (χ1n) is 44.8. The van der Waals surface area contributed by atoms with Gasteiger partial charge in [-0.2, -0.15) is 38.5 Å². The number of aromatic nitrogens is 24. The molecule has 4 fully saturated rings. The SMILES string of the molecule is C[C@H]1C[C@@H](c2nc3c4cc(F)cc(F)c4nc(N)n3n2)CN(c2cnn([C@@H](C)[C@H](C)O)c2)C1.C[C@H]1C[C@@H](c2nc3c4cc(F)cc(F)c4nc(N)n3n2)CN(c2cnn([C@H](C)[C@@H](C)O)c2)C1.Cc1nn([C@@H](C)[C@H](C)O)cc1N1C[C@H](C)C[C@H](c2nc3c4cc(F)cc(F)c4nc(N)n3n2)C1.Cc1nn([C@H](C)[C@@H](C)O)cc1N1C[C@H](C)C[C@H](c2nc3c4cc(F)cc(F)c4nc(N)n3n2)C1. The summed E-state index contributed by atoms with van der Waals surface area (Å²) in [7, 11) is 0. The van der Waals surface area contributed by atoms with Crippen molar-refractivity contribution in [1.29, 1.82) is 0 Å². The molecule has 16 heterocycles. The summed E-state index contributed by atoms with van der Waals surface area (Å²) in [6.45, 7) is 33.3. The Morgan fingerprint density at radius 1 is 0.313 bits per heavy atom. The molecule has 20 rings (SSSR count). The van der Waals surface area contributed by atoms with Crippen LogP contribution in [0.4, 0.5) is 81.7 Å². The van der Waals surface area contributed by atoms with Crippen molar-refractivity contribution in [2.75, 3.05) is 94.9 Å². The van der Waals surface area contributed by atoms with Crippen LogP contribution in [0.1, 0.15) is 191 Å². The number of piperidine rings is 4. The molecule has 0 aliphatic carbocycles. The summed E-state index contributed by atoms with van der Waals surface area (Å²) in [5, 5.41) is 76.9. The van der Waals surface area contributed by atoms with Gasteiger partial charge in [0.25, 0.3) is 0 Å². The van der Waals surface area contributed by atoms with E-state index in [1.807, 2.05) is 66.3 Å². The van der Waals surface area contributed by atoms with Crippen molar-refractivity contribution in [3.8, 4) is 0 Å². The lowest BCUT2D eigenvalue weighted by molar-refractivity contribution is 0.132. The lowest BCUT2D eigenvalue weighted by atomic mass is 9.89. The molecule has 0 bridgehead atoms. The van der Waals surface area contributed by atoms with Gasteiger partial charge in [0.15, 0.2) is 69.2 Å². The van der Waals surface area contributed by atoms with E-state index in [1.54, 1.807) is 58.8 Å². The Balaban J connectivity index is 0.000000124. The maximum absolute atomic E-state index is 14.3. The van der Waals surface area contributed by atoms with Crippen LogP contribution in [0.5, 0.6) is 0 Å². The highest BCUT2D eigenvalue weighted by Crippen LogP contribution is 2.41. The largest absolute Gasteiger partial charge is 0.391 e. The molecule has 0 amide bonds. The lowest BCUT2D eigenvalue weighted by Gasteiger charge is -2.36. The Hall–Kier alpha value is -13.4. The fourth-order valence-electron chi connectivity index (χ4n) is 18.7. The normalized spacial score (nSPS) is 21.0. The van der Waals surface area contributed by atoms with Crippen LogP contribution < -0.4 is 42.5 Å². The van der Waals surface area contributed by atoms with Crippen molar-refractivity contribution in [3.63, 3.8) is 0 Å². The van der Waals surface area contributed by atoms with Gasteiger partial charge in [-0.25, -0.2) is 75.0 Å². The van der Waals surface area contributed by atoms with Crippen molar-refractivity contribution >= 4 is 113 Å². The molecule has 16 atom stereocenters. The van der Waals surface area contributed by atoms with Gasteiger partial charge in [0.1, 0.15) is 45.3 Å². The molecule has 4 aromatic carbocycles. The standard InChI is InChI=1S/2C23H28F2N8O.2C22H26F2N8O/c2*1-11-5-15(9-31(8-11)19-10-32(29-12(19)2)13(3)14(4)34)21-28-22-17-6-16(24)7-18(25)20(17)27-23(26)33(22)30-21;2*1-11-4-14(9-30(8-11)16-7-26-31(10-16)12(2)13(3)33)20-28-21-17-5-15(23)6-18(24)19(17)27-22(25)32(21)29-20/h2*6-7,10-11,13-15,34H,5,8-9H2,1-4H3,(H2,26,27);2*5-7,10-14,33H,4,8-9H2,1-3H3,(H2,25,27)/t11-,13+,14+,15+;11-,13-,14-,15+;11-,12+,13+,14+;11-,12-,13-,14+/m1100/s1. The summed E-state index contributed by atoms with van der Waals surface area (Å²) in [5.74, 6) is -2.42. The van der Waals surface area contributed by atoms with E-state index in [-0.39, 0.29) is 138 Å². The molecule has 4 saturated heterocycles. The number of nitrogens with zero attached hydrogens (tertiary/aromatic N) is 28. The number of aliphatic hydroxyl groups excluding tert-OH is 4. The van der Waals surface area contributed by atoms with Gasteiger partial charge in [-0.15, -0.1) is 20.4 Å². The predicted octanol–water partition coefficient (Wildman–Crippen LogP) is 12.2. The highest BCUT2D eigenvalue weighted by molar-refractivity contribution is 5.95. The summed E-state index contributed by atoms with van der Waals surface area (Å²) < 4.78 is 125. The van der Waals surface area contributed by atoms with Gasteiger partial charge in [-0.1, -0.05) is 27.7 Å². The smallest absolute Gasteiger partial charge is 0.223 e. The molecule has 0 saturated carbocycles. The zero-order valence-electron chi connectivity index (χ0n) is 76.4. The van der Waals surface area contributed by atoms with E-state index < -0.39 is 71.0 Å². The van der Waals surface area contributed by atoms with Crippen LogP contribution in [0.25, 0.3) is 66.2 Å². The topological polar surface area (TPSA) is 442 Å². The minimum absolute atomic E-state index is 0.00305. The van der Waals surface area contributed by atoms with E-state index in [4.69, 9.17) is 22.9 Å². The molecule has 36 nitrogen and oxygen atoms in total. The highest BCUT2D eigenvalue weighted by Gasteiger charge is 2.38. The number of rotatable bonds is 16. The second kappa shape index (κ2) is 36.6. The molecule has 4 aliphatic heterocycles. The maximum Gasteiger partial charge on any atom is 0.223 e. The first-order valence-corrected chi connectivity index (χ1v) is 44.8. The van der Waals surface area contributed by atoms with Crippen LogP contribution >= 0.6 is 0 Å². The molecule has 0 unspecified atom stereocenters. The number of benzene rings is 4. The summed E-state index contributed by atoms with van der Waals surface area (Å²) in [6, 6.07) is 7.37. The van der Waals surface area contributed by atoms with Gasteiger partial charge in [0.2, 0.25) is 23.8 Å². The average Bonchev–Trinajstić information content (AvgIpc) is 1.62. The van der Waals surface area contributed by atoms with Gasteiger partial charge >= 0.3 is 0 Å². The fraction of sp³-hybridized carbons (Fsp3) is 0.467. The maximum atomic E-state index is 14.3. The molecular formula is C90H108F8N32O4. The first-order chi connectivity index (χ1) is 63.6. The summed E-state index contributed by atoms with van der Waals surface area (Å²) in [5.41, 5.74) is 30.8. The van der Waals surface area contributed by atoms with Gasteiger partial charge in [-0.05, 0) is 143 Å². The number of fused-ring (bicyclic) bond motifs is 12. The molecule has 16 aromatic rings. The van der Waals surface area contributed by atoms with E-state index in [9.17, 15) is 55.5 Å². The van der Waals surface area contributed by atoms with Crippen molar-refractivity contribution in [2.24, 2.45) is 23.7 Å². The van der Waals surface area contributed by atoms with Crippen molar-refractivity contribution in [1.82, 2.24) is 117 Å². The number of aliphatic hydroxyl groups is 4. The Labute approximate surface area is 762 Å². The van der Waals surface area contributed by atoms with Crippen molar-refractivity contribution in [3.05, 3.63) is 167 Å². The predicted molar refractivity (Wildman–Crippen MR) is 489 cm³/mol. The van der Waals surface area contributed by atoms with E-state index in [1.165, 1.54) is 42.3 Å². The highest BCUT2D eigenvalue weighted by atomic mass is 19.2. The van der Waals surface area contributed by atoms with Gasteiger partial charge in [0, 0.05) is 125 Å². The molecule has 134 heavy (non-hydrogen) atoms. The Kier molecular flexibility index (Phi) is 25.2. The van der Waals surface area contributed by atoms with E-state index in [0.29, 0.717) is 73.1 Å². The van der Waals surface area contributed by atoms with Crippen LogP contribution in [0.15, 0.2) is 85.7 Å². The lowest BCUT2D eigenvalue weighted by Crippen LogP contribution is -2.39. The number of halogens is 8. The van der Waals surface area contributed by atoms with E-state index in [2.05, 4.69) is 128 Å². The van der Waals surface area contributed by atoms with Crippen LogP contribution in [-0.4, -0.2) is 215 Å². The summed E-state index contributed by atoms with van der Waals surface area (Å²) >= 11 is 0. The molecule has 0 spiro atoms. The third-order valence-electron chi connectivity index (χ3n) is 26.3. The Morgan fingerprint density at radius 2 is 0.552 bits per heavy atom. The molecule has 0 radical (unpaired) electrons. The third-order valence-corrected chi connectivity index (χ3v) is 26.3. The summed E-state index contributed by atoms with van der Waals surface area (Å²) in [4.78, 5) is 43.9. The number of anilines is 8. The van der Waals surface area contributed by atoms with Gasteiger partial charge < -0.3 is 63.0 Å². The Morgan fingerprint density at radius 3 is 0.806 bits per heavy atom. The van der Waals surface area contributed by atoms with Crippen LogP contribution in [-0.2, 0) is 0 Å². The third kappa shape index (κ3) is 18.2. The molecular weight excluding hydrogens is 1750 g/mol. The first kappa shape index (κ1) is 92.5. The van der Waals surface area contributed by atoms with E-state index >= 15 is 0 Å². The zero-order valence-corrected chi connectivity index (χ0v) is 76.4. The number of nitrogens with two attached hydrogens (primary N) is 4. The minimum atomic E-state index is -0.787. The quantitative estimate of drug-likeness (QED) is 0.0416. The van der Waals surface area contributed by atoms with Gasteiger partial charge in [-0.3, -0.25) is 18.7 Å². The fourth-order valence-corrected chi connectivity index (χ4v) is 18.7. The monoisotopic (exact) mass is 1850 g/mol. The Bertz CT molecular complexity index is 6670. The van der Waals surface area contributed by atoms with E-state index in [0.717, 1.165) is 110 Å². The zero-order chi connectivity index (χ0) is 95.5. The van der Waals surface area contributed by atoms with Crippen molar-refractivity contribution < 1.29 is 55.5 Å². The molecule has 12 N–H and O–H groups in total. The molecule has 708 valence electrons. The molecule has 44 heteroatoms. The number of nitrogen functional groups attached to an aromatic ring is 4. The van der Waals surface area contributed by atoms with Crippen molar-refractivity contribution in [2.45, 2.75) is 195 Å². The minimum Gasteiger partial charge on any atom is -0.391 e. The second-order valence-corrected chi connectivity index (χ2v) is 37.0. The summed E-state index contributed by atoms with van der Waals surface area (Å²) in [6.07, 6.45) is 12.8. The van der Waals surface area contributed by atoms with Crippen LogP contribution in [0.3, 0.4) is 0 Å². The number of hydrogen-bond donors (Lipinski definition) is 8. The average molecular weight is 1850 g/mol. The number of hydrogen-bond acceptors (Lipinski definition) is 28. The van der Waals surface area contributed by atoms with Gasteiger partial charge in [0.05, 0.1) is 117 Å². The molecule has 4 aliphatic rings. The molecule has 12 aromatic heterocycles.